The van der Waals surface area contributed by atoms with Crippen LogP contribution in [0.15, 0.2) is 61.4 Å². The SMILES string of the molecule is C=CC(=O)Nc1cc(Nc2ncc(C(=O)OC(C)C)c(-c3cn(C)c4ccccc34)n2)c(OCC(F)(F)F)cc1N1C[C@H]2CN(C)C[C@H]2C1. The van der Waals surface area contributed by atoms with E-state index in [2.05, 4.69) is 39.0 Å². The van der Waals surface area contributed by atoms with Gasteiger partial charge in [-0.05, 0) is 50.9 Å². The van der Waals surface area contributed by atoms with E-state index in [1.807, 2.05) is 42.1 Å². The number of aryl methyl sites for hydroxylation is 1. The predicted octanol–water partition coefficient (Wildman–Crippen LogP) is 6.01. The smallest absolute Gasteiger partial charge is 0.422 e. The second-order valence-electron chi connectivity index (χ2n) is 12.8. The highest BCUT2D eigenvalue weighted by Gasteiger charge is 2.40. The number of carbonyl (C=O) groups is 2. The number of rotatable bonds is 10. The second-order valence-corrected chi connectivity index (χ2v) is 12.8. The van der Waals surface area contributed by atoms with Gasteiger partial charge in [-0.3, -0.25) is 4.79 Å². The molecule has 0 aliphatic carbocycles. The molecule has 2 aromatic heterocycles. The normalized spacial score (nSPS) is 17.8. The molecule has 2 aromatic carbocycles. The van der Waals surface area contributed by atoms with E-state index in [-0.39, 0.29) is 28.6 Å². The molecule has 49 heavy (non-hydrogen) atoms. The van der Waals surface area contributed by atoms with Crippen molar-refractivity contribution in [2.75, 3.05) is 55.4 Å². The molecular formula is C35H38F3N7O4. The van der Waals surface area contributed by atoms with Crippen LogP contribution in [0.5, 0.6) is 5.75 Å². The Balaban J connectivity index is 1.44. The Morgan fingerprint density at radius 1 is 1.08 bits per heavy atom. The van der Waals surface area contributed by atoms with Gasteiger partial charge in [-0.15, -0.1) is 0 Å². The summed E-state index contributed by atoms with van der Waals surface area (Å²) in [6.07, 6.45) is -0.742. The number of nitrogens with one attached hydrogen (secondary N) is 2. The van der Waals surface area contributed by atoms with Crippen LogP contribution in [-0.4, -0.2) is 83.4 Å². The van der Waals surface area contributed by atoms with Gasteiger partial charge in [0.15, 0.2) is 6.61 Å². The average Bonchev–Trinajstić information content (AvgIpc) is 3.70. The minimum absolute atomic E-state index is 0.0200. The average molecular weight is 678 g/mol. The molecule has 2 aliphatic heterocycles. The Bertz CT molecular complexity index is 1890. The molecule has 1 amide bonds. The lowest BCUT2D eigenvalue weighted by atomic mass is 10.0. The first kappa shape index (κ1) is 33.8. The Morgan fingerprint density at radius 3 is 2.47 bits per heavy atom. The molecule has 2 aliphatic rings. The fourth-order valence-corrected chi connectivity index (χ4v) is 6.64. The third kappa shape index (κ3) is 7.33. The van der Waals surface area contributed by atoms with Crippen LogP contribution in [0, 0.1) is 11.8 Å². The summed E-state index contributed by atoms with van der Waals surface area (Å²) >= 11 is 0. The molecule has 0 unspecified atom stereocenters. The Kier molecular flexibility index (Phi) is 9.25. The summed E-state index contributed by atoms with van der Waals surface area (Å²) in [4.78, 5) is 39.2. The number of likely N-dealkylation sites (tertiary alicyclic amines) is 1. The maximum Gasteiger partial charge on any atom is 0.422 e. The van der Waals surface area contributed by atoms with Crippen molar-refractivity contribution in [2.45, 2.75) is 26.1 Å². The first-order chi connectivity index (χ1) is 23.3. The molecule has 4 aromatic rings. The number of halogens is 3. The van der Waals surface area contributed by atoms with E-state index in [9.17, 15) is 22.8 Å². The summed E-state index contributed by atoms with van der Waals surface area (Å²) in [6.45, 7) is 8.62. The van der Waals surface area contributed by atoms with Gasteiger partial charge in [-0.1, -0.05) is 24.8 Å². The van der Waals surface area contributed by atoms with Crippen LogP contribution >= 0.6 is 0 Å². The van der Waals surface area contributed by atoms with Crippen molar-refractivity contribution in [2.24, 2.45) is 18.9 Å². The van der Waals surface area contributed by atoms with Crippen LogP contribution in [0.1, 0.15) is 24.2 Å². The highest BCUT2D eigenvalue weighted by atomic mass is 19.4. The van der Waals surface area contributed by atoms with Crippen molar-refractivity contribution < 1.29 is 32.2 Å². The van der Waals surface area contributed by atoms with E-state index < -0.39 is 30.8 Å². The number of hydrogen-bond donors (Lipinski definition) is 2. The van der Waals surface area contributed by atoms with Crippen LogP contribution in [0.25, 0.3) is 22.2 Å². The minimum Gasteiger partial charge on any atom is -0.482 e. The molecule has 2 N–H and O–H groups in total. The topological polar surface area (TPSA) is 114 Å². The van der Waals surface area contributed by atoms with Gasteiger partial charge in [-0.25, -0.2) is 14.8 Å². The lowest BCUT2D eigenvalue weighted by Gasteiger charge is -2.26. The van der Waals surface area contributed by atoms with E-state index in [0.29, 0.717) is 41.9 Å². The van der Waals surface area contributed by atoms with Crippen molar-refractivity contribution >= 4 is 45.8 Å². The van der Waals surface area contributed by atoms with E-state index in [0.717, 1.165) is 30.1 Å². The van der Waals surface area contributed by atoms with Gasteiger partial charge >= 0.3 is 12.1 Å². The van der Waals surface area contributed by atoms with Gasteiger partial charge in [0.25, 0.3) is 0 Å². The molecule has 14 heteroatoms. The maximum atomic E-state index is 13.5. The summed E-state index contributed by atoms with van der Waals surface area (Å²) in [5.41, 5.74) is 2.87. The van der Waals surface area contributed by atoms with Gasteiger partial charge in [0.05, 0.1) is 28.9 Å². The monoisotopic (exact) mass is 677 g/mol. The van der Waals surface area contributed by atoms with Crippen molar-refractivity contribution in [3.05, 3.63) is 67.0 Å². The van der Waals surface area contributed by atoms with Gasteiger partial charge in [0.2, 0.25) is 11.9 Å². The fraction of sp³-hybridized carbons (Fsp3) is 0.371. The van der Waals surface area contributed by atoms with Crippen LogP contribution < -0.4 is 20.3 Å². The lowest BCUT2D eigenvalue weighted by Crippen LogP contribution is -2.28. The van der Waals surface area contributed by atoms with Gasteiger partial charge in [0, 0.05) is 68.2 Å². The quantitative estimate of drug-likeness (QED) is 0.154. The highest BCUT2D eigenvalue weighted by molar-refractivity contribution is 6.04. The molecule has 11 nitrogen and oxygen atoms in total. The second kappa shape index (κ2) is 13.4. The number of aromatic nitrogens is 3. The molecular weight excluding hydrogens is 639 g/mol. The van der Waals surface area contributed by atoms with Crippen LogP contribution in [0.2, 0.25) is 0 Å². The predicted molar refractivity (Wildman–Crippen MR) is 181 cm³/mol. The summed E-state index contributed by atoms with van der Waals surface area (Å²) in [6, 6.07) is 10.6. The number of carbonyl (C=O) groups excluding carboxylic acids is 2. The number of ether oxygens (including phenoxy) is 2. The standard InChI is InChI=1S/C35H38F3N7O4/c1-6-31(46)40-26-11-27(30(48-19-35(36,37)38)12-29(26)45-16-21-14-43(4)15-22(21)17-45)41-34-39-13-24(33(47)49-20(2)3)32(42-34)25-18-44(5)28-10-8-7-9-23(25)28/h6-13,18,20-22H,1,14-17,19H2,2-5H3,(H,40,46)(H,39,41,42)/t21-,22+. The van der Waals surface area contributed by atoms with Crippen molar-refractivity contribution in [1.82, 2.24) is 19.4 Å². The number of alkyl halides is 3. The van der Waals surface area contributed by atoms with Crippen molar-refractivity contribution in [3.63, 3.8) is 0 Å². The fourth-order valence-electron chi connectivity index (χ4n) is 6.64. The maximum absolute atomic E-state index is 13.5. The molecule has 0 spiro atoms. The Hall–Kier alpha value is -5.11. The molecule has 4 heterocycles. The first-order valence-corrected chi connectivity index (χ1v) is 15.9. The molecule has 6 rings (SSSR count). The van der Waals surface area contributed by atoms with Gasteiger partial charge in [0.1, 0.15) is 11.3 Å². The van der Waals surface area contributed by atoms with Crippen LogP contribution in [0.3, 0.4) is 0 Å². The largest absolute Gasteiger partial charge is 0.482 e. The summed E-state index contributed by atoms with van der Waals surface area (Å²) < 4.78 is 53.2. The van der Waals surface area contributed by atoms with E-state index in [1.54, 1.807) is 13.8 Å². The molecule has 0 bridgehead atoms. The number of anilines is 4. The van der Waals surface area contributed by atoms with Crippen LogP contribution in [0.4, 0.5) is 36.2 Å². The van der Waals surface area contributed by atoms with E-state index >= 15 is 0 Å². The molecule has 2 saturated heterocycles. The number of para-hydroxylation sites is 1. The summed E-state index contributed by atoms with van der Waals surface area (Å²) in [5, 5.41) is 6.63. The third-order valence-electron chi connectivity index (χ3n) is 8.69. The van der Waals surface area contributed by atoms with Crippen LogP contribution in [-0.2, 0) is 16.6 Å². The number of hydrogen-bond acceptors (Lipinski definition) is 9. The molecule has 2 atom stereocenters. The zero-order valence-corrected chi connectivity index (χ0v) is 27.7. The number of fused-ring (bicyclic) bond motifs is 2. The third-order valence-corrected chi connectivity index (χ3v) is 8.69. The van der Waals surface area contributed by atoms with E-state index in [4.69, 9.17) is 14.5 Å². The minimum atomic E-state index is -4.61. The zero-order valence-electron chi connectivity index (χ0n) is 27.7. The Labute approximate surface area is 281 Å². The number of esters is 1. The highest BCUT2D eigenvalue weighted by Crippen LogP contribution is 2.43. The number of amides is 1. The van der Waals surface area contributed by atoms with Gasteiger partial charge in [-0.2, -0.15) is 13.2 Å². The van der Waals surface area contributed by atoms with Crippen molar-refractivity contribution in [3.8, 4) is 17.0 Å². The Morgan fingerprint density at radius 2 is 1.80 bits per heavy atom. The summed E-state index contributed by atoms with van der Waals surface area (Å²) in [7, 11) is 3.93. The lowest BCUT2D eigenvalue weighted by molar-refractivity contribution is -0.153. The molecule has 258 valence electrons. The zero-order chi connectivity index (χ0) is 35.0. The first-order valence-electron chi connectivity index (χ1n) is 15.9. The van der Waals surface area contributed by atoms with Crippen molar-refractivity contribution in [1.29, 1.82) is 0 Å². The molecule has 0 radical (unpaired) electrons. The number of nitrogens with zero attached hydrogens (tertiary/aromatic N) is 5. The van der Waals surface area contributed by atoms with E-state index in [1.165, 1.54) is 18.3 Å². The summed E-state index contributed by atoms with van der Waals surface area (Å²) in [5.74, 6) is -0.485. The van der Waals surface area contributed by atoms with Gasteiger partial charge < -0.3 is 34.5 Å². The number of benzene rings is 2. The molecule has 0 saturated carbocycles. The molecule has 2 fully saturated rings.